The van der Waals surface area contributed by atoms with E-state index >= 15 is 0 Å². The zero-order chi connectivity index (χ0) is 11.8. The van der Waals surface area contributed by atoms with Gasteiger partial charge in [0.25, 0.3) is 0 Å². The molecule has 0 unspecified atom stereocenters. The molecule has 0 aliphatic carbocycles. The van der Waals surface area contributed by atoms with E-state index in [1.54, 1.807) is 24.8 Å². The van der Waals surface area contributed by atoms with Crippen LogP contribution in [0.1, 0.15) is 18.4 Å². The van der Waals surface area contributed by atoms with Crippen molar-refractivity contribution in [3.05, 3.63) is 35.8 Å². The van der Waals surface area contributed by atoms with Crippen molar-refractivity contribution in [2.24, 2.45) is 0 Å². The highest BCUT2D eigenvalue weighted by molar-refractivity contribution is 7.98. The third kappa shape index (κ3) is 5.07. The van der Waals surface area contributed by atoms with Gasteiger partial charge in [-0.2, -0.15) is 0 Å². The highest BCUT2D eigenvalue weighted by Gasteiger charge is 1.97. The molecule has 88 valence electrons. The van der Waals surface area contributed by atoms with Crippen molar-refractivity contribution in [1.82, 2.24) is 0 Å². The summed E-state index contributed by atoms with van der Waals surface area (Å²) in [6.07, 6.45) is 3.27. The molecule has 1 aromatic heterocycles. The molecular formula is C12H16O3S. The number of thioether (sulfide) groups is 1. The van der Waals surface area contributed by atoms with Crippen LogP contribution in [0, 0.1) is 6.92 Å². The zero-order valence-corrected chi connectivity index (χ0v) is 10.4. The maximum Gasteiger partial charge on any atom is 0.330 e. The van der Waals surface area contributed by atoms with Crippen LogP contribution < -0.4 is 0 Å². The molecule has 0 spiro atoms. The Morgan fingerprint density at radius 3 is 3.00 bits per heavy atom. The number of hydrogen-bond acceptors (Lipinski definition) is 4. The van der Waals surface area contributed by atoms with Gasteiger partial charge in [0.05, 0.1) is 12.4 Å². The lowest BCUT2D eigenvalue weighted by atomic mass is 10.5. The maximum atomic E-state index is 10.9. The maximum absolute atomic E-state index is 10.9. The van der Waals surface area contributed by atoms with Gasteiger partial charge in [0.1, 0.15) is 11.5 Å². The first-order valence-corrected chi connectivity index (χ1v) is 6.34. The number of furan rings is 1. The summed E-state index contributed by atoms with van der Waals surface area (Å²) < 4.78 is 10.2. The van der Waals surface area contributed by atoms with Crippen LogP contribution in [0.25, 0.3) is 0 Å². The van der Waals surface area contributed by atoms with Gasteiger partial charge in [0.15, 0.2) is 0 Å². The van der Waals surface area contributed by atoms with Crippen LogP contribution in [0.5, 0.6) is 0 Å². The van der Waals surface area contributed by atoms with Gasteiger partial charge in [-0.1, -0.05) is 6.08 Å². The lowest BCUT2D eigenvalue weighted by Gasteiger charge is -1.95. The van der Waals surface area contributed by atoms with Crippen molar-refractivity contribution in [2.75, 3.05) is 12.4 Å². The van der Waals surface area contributed by atoms with Crippen molar-refractivity contribution in [1.29, 1.82) is 0 Å². The van der Waals surface area contributed by atoms with E-state index in [2.05, 4.69) is 0 Å². The van der Waals surface area contributed by atoms with Gasteiger partial charge in [-0.3, -0.25) is 0 Å². The monoisotopic (exact) mass is 240 g/mol. The van der Waals surface area contributed by atoms with Crippen LogP contribution in [-0.2, 0) is 15.3 Å². The van der Waals surface area contributed by atoms with Crippen molar-refractivity contribution >= 4 is 17.7 Å². The van der Waals surface area contributed by atoms with Gasteiger partial charge in [-0.05, 0) is 26.0 Å². The minimum atomic E-state index is -0.281. The number of rotatable bonds is 6. The number of esters is 1. The standard InChI is InChI=1S/C12H16O3S/c1-3-14-12(13)5-4-8-16-9-11-7-6-10(2)15-11/h4-7H,3,8-9H2,1-2H3/b5-4+. The van der Waals surface area contributed by atoms with Gasteiger partial charge in [-0.15, -0.1) is 11.8 Å². The Bertz CT molecular complexity index is 355. The van der Waals surface area contributed by atoms with Crippen LogP contribution in [0.4, 0.5) is 0 Å². The van der Waals surface area contributed by atoms with Gasteiger partial charge in [-0.25, -0.2) is 4.79 Å². The molecule has 1 heterocycles. The Morgan fingerprint density at radius 2 is 2.38 bits per heavy atom. The number of carbonyl (C=O) groups is 1. The molecule has 0 atom stereocenters. The van der Waals surface area contributed by atoms with Crippen LogP contribution in [0.3, 0.4) is 0 Å². The number of hydrogen-bond donors (Lipinski definition) is 0. The summed E-state index contributed by atoms with van der Waals surface area (Å²) in [5, 5.41) is 0. The van der Waals surface area contributed by atoms with Gasteiger partial charge in [0, 0.05) is 11.8 Å². The van der Waals surface area contributed by atoms with Crippen molar-refractivity contribution < 1.29 is 13.9 Å². The van der Waals surface area contributed by atoms with Crippen molar-refractivity contribution in [3.63, 3.8) is 0 Å². The van der Waals surface area contributed by atoms with E-state index in [4.69, 9.17) is 9.15 Å². The molecule has 0 bridgehead atoms. The predicted octanol–water partition coefficient (Wildman–Crippen LogP) is 2.94. The molecule has 1 rings (SSSR count). The Hall–Kier alpha value is -1.16. The second-order valence-electron chi connectivity index (χ2n) is 3.18. The molecule has 0 radical (unpaired) electrons. The highest BCUT2D eigenvalue weighted by Crippen LogP contribution is 2.14. The van der Waals surface area contributed by atoms with Crippen LogP contribution >= 0.6 is 11.8 Å². The second-order valence-corrected chi connectivity index (χ2v) is 4.21. The quantitative estimate of drug-likeness (QED) is 0.435. The van der Waals surface area contributed by atoms with Crippen LogP contribution in [-0.4, -0.2) is 18.3 Å². The predicted molar refractivity (Wildman–Crippen MR) is 65.4 cm³/mol. The molecule has 0 aliphatic rings. The first-order chi connectivity index (χ1) is 7.72. The minimum Gasteiger partial charge on any atom is -0.466 e. The van der Waals surface area contributed by atoms with Crippen LogP contribution in [0.2, 0.25) is 0 Å². The number of carbonyl (C=O) groups excluding carboxylic acids is 1. The lowest BCUT2D eigenvalue weighted by Crippen LogP contribution is -1.98. The fraction of sp³-hybridized carbons (Fsp3) is 0.417. The summed E-state index contributed by atoms with van der Waals surface area (Å²) in [6, 6.07) is 3.92. The molecule has 0 saturated heterocycles. The largest absolute Gasteiger partial charge is 0.466 e. The summed E-state index contributed by atoms with van der Waals surface area (Å²) in [7, 11) is 0. The second kappa shape index (κ2) is 7.17. The molecule has 1 aromatic rings. The number of aryl methyl sites for hydroxylation is 1. The molecule has 16 heavy (non-hydrogen) atoms. The molecule has 0 saturated carbocycles. The van der Waals surface area contributed by atoms with Gasteiger partial charge < -0.3 is 9.15 Å². The molecule has 0 aromatic carbocycles. The van der Waals surface area contributed by atoms with Crippen LogP contribution in [0.15, 0.2) is 28.7 Å². The van der Waals surface area contributed by atoms with Crippen molar-refractivity contribution in [2.45, 2.75) is 19.6 Å². The normalized spacial score (nSPS) is 10.9. The smallest absolute Gasteiger partial charge is 0.330 e. The van der Waals surface area contributed by atoms with E-state index in [-0.39, 0.29) is 5.97 Å². The van der Waals surface area contributed by atoms with Crippen molar-refractivity contribution in [3.8, 4) is 0 Å². The lowest BCUT2D eigenvalue weighted by molar-refractivity contribution is -0.137. The Labute approximate surface area is 99.9 Å². The molecular weight excluding hydrogens is 224 g/mol. The Kier molecular flexibility index (Phi) is 5.78. The molecule has 0 aliphatic heterocycles. The Balaban J connectivity index is 2.14. The van der Waals surface area contributed by atoms with E-state index < -0.39 is 0 Å². The van der Waals surface area contributed by atoms with E-state index in [0.29, 0.717) is 6.61 Å². The Morgan fingerprint density at radius 1 is 1.56 bits per heavy atom. The molecule has 0 amide bonds. The molecule has 0 fully saturated rings. The topological polar surface area (TPSA) is 39.4 Å². The summed E-state index contributed by atoms with van der Waals surface area (Å²) in [5.74, 6) is 3.21. The summed E-state index contributed by atoms with van der Waals surface area (Å²) in [4.78, 5) is 10.9. The van der Waals surface area contributed by atoms with E-state index in [9.17, 15) is 4.79 Å². The third-order valence-electron chi connectivity index (χ3n) is 1.79. The average Bonchev–Trinajstić information content (AvgIpc) is 2.64. The molecule has 0 N–H and O–H groups in total. The first kappa shape index (κ1) is 12.9. The summed E-state index contributed by atoms with van der Waals surface area (Å²) >= 11 is 1.69. The van der Waals surface area contributed by atoms with Gasteiger partial charge >= 0.3 is 5.97 Å². The number of ether oxygens (including phenoxy) is 1. The van der Waals surface area contributed by atoms with E-state index in [1.165, 1.54) is 6.08 Å². The fourth-order valence-corrected chi connectivity index (χ4v) is 1.83. The molecule has 4 heteroatoms. The summed E-state index contributed by atoms with van der Waals surface area (Å²) in [6.45, 7) is 4.14. The van der Waals surface area contributed by atoms with E-state index in [0.717, 1.165) is 23.0 Å². The summed E-state index contributed by atoms with van der Waals surface area (Å²) in [5.41, 5.74) is 0. The fourth-order valence-electron chi connectivity index (χ4n) is 1.12. The average molecular weight is 240 g/mol. The van der Waals surface area contributed by atoms with Gasteiger partial charge in [0.2, 0.25) is 0 Å². The highest BCUT2D eigenvalue weighted by atomic mass is 32.2. The van der Waals surface area contributed by atoms with E-state index in [1.807, 2.05) is 19.1 Å². The first-order valence-electron chi connectivity index (χ1n) is 5.18. The SMILES string of the molecule is CCOC(=O)/C=C/CSCc1ccc(C)o1. The third-order valence-corrected chi connectivity index (χ3v) is 2.71. The minimum absolute atomic E-state index is 0.281. The molecule has 3 nitrogen and oxygen atoms in total. The zero-order valence-electron chi connectivity index (χ0n) is 9.56.